The topological polar surface area (TPSA) is 84.2 Å². The zero-order valence-corrected chi connectivity index (χ0v) is 15.0. The number of nitrogens with one attached hydrogen (secondary N) is 2. The number of hydrogen-bond acceptors (Lipinski definition) is 4. The summed E-state index contributed by atoms with van der Waals surface area (Å²) in [6.45, 7) is 2.19. The van der Waals surface area contributed by atoms with Crippen molar-refractivity contribution in [1.29, 1.82) is 0 Å². The molecular weight excluding hydrogens is 342 g/mol. The quantitative estimate of drug-likeness (QED) is 0.676. The summed E-state index contributed by atoms with van der Waals surface area (Å²) in [6, 6.07) is 17.6. The van der Waals surface area contributed by atoms with Gasteiger partial charge in [0.05, 0.1) is 18.5 Å². The van der Waals surface area contributed by atoms with Crippen LogP contribution in [0.25, 0.3) is 0 Å². The summed E-state index contributed by atoms with van der Waals surface area (Å²) in [4.78, 5) is 29.4. The number of nitrogens with zero attached hydrogens (tertiary/aromatic N) is 1. The molecule has 0 aliphatic heterocycles. The highest BCUT2D eigenvalue weighted by Crippen LogP contribution is 2.07. The highest BCUT2D eigenvalue weighted by atomic mass is 16.3. The molecule has 1 aromatic carbocycles. The molecule has 2 heterocycles. The number of aromatic nitrogens is 1. The number of furan rings is 1. The van der Waals surface area contributed by atoms with Crippen molar-refractivity contribution in [3.8, 4) is 0 Å². The standard InChI is InChI=1S/C21H21N3O3/c1-15-7-5-10-17(23-15)14-22-20(25)18(13-16-8-3-2-4-9-16)24-21(26)19-11-6-12-27-19/h2-12,18H,13-14H2,1H3,(H,22,25)(H,24,26). The molecule has 138 valence electrons. The molecule has 0 radical (unpaired) electrons. The third-order valence-corrected chi connectivity index (χ3v) is 4.04. The Bertz CT molecular complexity index is 892. The molecule has 0 fully saturated rings. The van der Waals surface area contributed by atoms with E-state index >= 15 is 0 Å². The number of rotatable bonds is 7. The first-order valence-electron chi connectivity index (χ1n) is 8.70. The van der Waals surface area contributed by atoms with Gasteiger partial charge < -0.3 is 15.1 Å². The van der Waals surface area contributed by atoms with Gasteiger partial charge in [0.15, 0.2) is 5.76 Å². The minimum Gasteiger partial charge on any atom is -0.459 e. The van der Waals surface area contributed by atoms with Crippen molar-refractivity contribution in [2.45, 2.75) is 25.9 Å². The Balaban J connectivity index is 1.69. The van der Waals surface area contributed by atoms with Crippen molar-refractivity contribution in [2.75, 3.05) is 0 Å². The maximum atomic E-state index is 12.7. The maximum absolute atomic E-state index is 12.7. The molecule has 0 aliphatic carbocycles. The van der Waals surface area contributed by atoms with E-state index in [4.69, 9.17) is 4.42 Å². The minimum absolute atomic E-state index is 0.168. The molecule has 2 N–H and O–H groups in total. The fourth-order valence-electron chi connectivity index (χ4n) is 2.70. The highest BCUT2D eigenvalue weighted by molar-refractivity contribution is 5.95. The SMILES string of the molecule is Cc1cccc(CNC(=O)C(Cc2ccccc2)NC(=O)c2ccco2)n1. The van der Waals surface area contributed by atoms with E-state index in [-0.39, 0.29) is 11.7 Å². The van der Waals surface area contributed by atoms with Gasteiger partial charge in [-0.15, -0.1) is 0 Å². The van der Waals surface area contributed by atoms with Crippen molar-refractivity contribution >= 4 is 11.8 Å². The van der Waals surface area contributed by atoms with Crippen LogP contribution in [0.1, 0.15) is 27.5 Å². The summed E-state index contributed by atoms with van der Waals surface area (Å²) in [7, 11) is 0. The summed E-state index contributed by atoms with van der Waals surface area (Å²) < 4.78 is 5.11. The summed E-state index contributed by atoms with van der Waals surface area (Å²) >= 11 is 0. The molecule has 1 atom stereocenters. The molecule has 3 rings (SSSR count). The molecule has 0 aliphatic rings. The summed E-state index contributed by atoms with van der Waals surface area (Å²) in [6.07, 6.45) is 1.80. The van der Waals surface area contributed by atoms with E-state index in [1.165, 1.54) is 6.26 Å². The van der Waals surface area contributed by atoms with Gasteiger partial charge in [-0.3, -0.25) is 14.6 Å². The van der Waals surface area contributed by atoms with Crippen LogP contribution in [-0.2, 0) is 17.8 Å². The minimum atomic E-state index is -0.727. The zero-order chi connectivity index (χ0) is 19.1. The average Bonchev–Trinajstić information content (AvgIpc) is 3.21. The summed E-state index contributed by atoms with van der Waals surface area (Å²) in [5.41, 5.74) is 2.60. The van der Waals surface area contributed by atoms with Gasteiger partial charge in [-0.05, 0) is 36.8 Å². The Morgan fingerprint density at radius 2 is 1.85 bits per heavy atom. The lowest BCUT2D eigenvalue weighted by atomic mass is 10.0. The van der Waals surface area contributed by atoms with E-state index in [2.05, 4.69) is 15.6 Å². The largest absolute Gasteiger partial charge is 0.459 e. The summed E-state index contributed by atoms with van der Waals surface area (Å²) in [5.74, 6) is -0.534. The molecule has 27 heavy (non-hydrogen) atoms. The van der Waals surface area contributed by atoms with Gasteiger partial charge in [-0.25, -0.2) is 0 Å². The monoisotopic (exact) mass is 363 g/mol. The number of amides is 2. The van der Waals surface area contributed by atoms with E-state index in [0.29, 0.717) is 13.0 Å². The number of pyridine rings is 1. The van der Waals surface area contributed by atoms with Crippen LogP contribution in [0, 0.1) is 6.92 Å². The molecule has 6 heteroatoms. The van der Waals surface area contributed by atoms with Crippen LogP contribution < -0.4 is 10.6 Å². The Labute approximate surface area is 157 Å². The number of aryl methyl sites for hydroxylation is 1. The van der Waals surface area contributed by atoms with Crippen LogP contribution in [0.3, 0.4) is 0 Å². The lowest BCUT2D eigenvalue weighted by molar-refractivity contribution is -0.123. The second-order valence-electron chi connectivity index (χ2n) is 6.18. The smallest absolute Gasteiger partial charge is 0.287 e. The lowest BCUT2D eigenvalue weighted by Crippen LogP contribution is -2.47. The molecule has 2 aromatic heterocycles. The van der Waals surface area contributed by atoms with Gasteiger partial charge in [0, 0.05) is 12.1 Å². The molecule has 1 unspecified atom stereocenters. The van der Waals surface area contributed by atoms with Crippen molar-refractivity contribution in [1.82, 2.24) is 15.6 Å². The number of benzene rings is 1. The number of hydrogen-bond donors (Lipinski definition) is 2. The number of carbonyl (C=O) groups excluding carboxylic acids is 2. The third kappa shape index (κ3) is 5.28. The first-order valence-corrected chi connectivity index (χ1v) is 8.70. The van der Waals surface area contributed by atoms with E-state index in [1.807, 2.05) is 55.5 Å². The second-order valence-corrected chi connectivity index (χ2v) is 6.18. The predicted molar refractivity (Wildman–Crippen MR) is 101 cm³/mol. The molecular formula is C21H21N3O3. The van der Waals surface area contributed by atoms with Crippen molar-refractivity contribution in [2.24, 2.45) is 0 Å². The molecule has 2 amide bonds. The Morgan fingerprint density at radius 3 is 2.56 bits per heavy atom. The van der Waals surface area contributed by atoms with E-state index in [0.717, 1.165) is 17.0 Å². The van der Waals surface area contributed by atoms with Gasteiger partial charge in [0.2, 0.25) is 5.91 Å². The fraction of sp³-hybridized carbons (Fsp3) is 0.190. The highest BCUT2D eigenvalue weighted by Gasteiger charge is 2.23. The normalized spacial score (nSPS) is 11.6. The van der Waals surface area contributed by atoms with Gasteiger partial charge in [0.1, 0.15) is 6.04 Å². The Morgan fingerprint density at radius 1 is 1.04 bits per heavy atom. The maximum Gasteiger partial charge on any atom is 0.287 e. The van der Waals surface area contributed by atoms with Gasteiger partial charge in [-0.2, -0.15) is 0 Å². The predicted octanol–water partition coefficient (Wildman–Crippen LogP) is 2.64. The average molecular weight is 363 g/mol. The molecule has 0 saturated carbocycles. The van der Waals surface area contributed by atoms with Crippen LogP contribution in [0.5, 0.6) is 0 Å². The molecule has 0 spiro atoms. The van der Waals surface area contributed by atoms with E-state index in [9.17, 15) is 9.59 Å². The van der Waals surface area contributed by atoms with Gasteiger partial charge in [-0.1, -0.05) is 36.4 Å². The molecule has 3 aromatic rings. The van der Waals surface area contributed by atoms with Crippen LogP contribution in [0.2, 0.25) is 0 Å². The Kier molecular flexibility index (Phi) is 5.99. The van der Waals surface area contributed by atoms with Crippen LogP contribution in [0.15, 0.2) is 71.3 Å². The Hall–Kier alpha value is -3.41. The van der Waals surface area contributed by atoms with Crippen LogP contribution in [-0.4, -0.2) is 22.8 Å². The third-order valence-electron chi connectivity index (χ3n) is 4.04. The van der Waals surface area contributed by atoms with Gasteiger partial charge >= 0.3 is 0 Å². The van der Waals surface area contributed by atoms with E-state index < -0.39 is 11.9 Å². The van der Waals surface area contributed by atoms with Gasteiger partial charge in [0.25, 0.3) is 5.91 Å². The lowest BCUT2D eigenvalue weighted by Gasteiger charge is -2.18. The first-order chi connectivity index (χ1) is 13.1. The fourth-order valence-corrected chi connectivity index (χ4v) is 2.70. The number of carbonyl (C=O) groups is 2. The summed E-state index contributed by atoms with van der Waals surface area (Å²) in [5, 5.41) is 5.60. The molecule has 0 saturated heterocycles. The second kappa shape index (κ2) is 8.80. The van der Waals surface area contributed by atoms with Crippen LogP contribution in [0.4, 0.5) is 0 Å². The molecule has 0 bridgehead atoms. The molecule has 6 nitrogen and oxygen atoms in total. The first kappa shape index (κ1) is 18.4. The van der Waals surface area contributed by atoms with Crippen LogP contribution >= 0.6 is 0 Å². The van der Waals surface area contributed by atoms with Crippen molar-refractivity contribution < 1.29 is 14.0 Å². The van der Waals surface area contributed by atoms with Crippen molar-refractivity contribution in [3.05, 3.63) is 89.6 Å². The van der Waals surface area contributed by atoms with Crippen molar-refractivity contribution in [3.63, 3.8) is 0 Å². The van der Waals surface area contributed by atoms with E-state index in [1.54, 1.807) is 12.1 Å². The zero-order valence-electron chi connectivity index (χ0n) is 15.0.